The van der Waals surface area contributed by atoms with Gasteiger partial charge in [-0.25, -0.2) is 4.79 Å². The number of nitrogens with one attached hydrogen (secondary N) is 1. The number of H-pyrrole nitrogens is 1. The first-order chi connectivity index (χ1) is 14.3. The maximum absolute atomic E-state index is 12.4. The van der Waals surface area contributed by atoms with E-state index in [0.717, 1.165) is 12.0 Å². The van der Waals surface area contributed by atoms with Crippen molar-refractivity contribution in [1.29, 1.82) is 0 Å². The second-order valence-electron chi connectivity index (χ2n) is 7.68. The number of aromatic amines is 1. The van der Waals surface area contributed by atoms with Gasteiger partial charge in [-0.1, -0.05) is 13.8 Å². The summed E-state index contributed by atoms with van der Waals surface area (Å²) in [7, 11) is 3.16. The van der Waals surface area contributed by atoms with Crippen molar-refractivity contribution in [2.45, 2.75) is 32.6 Å². The van der Waals surface area contributed by atoms with Crippen LogP contribution in [0.4, 0.5) is 0 Å². The molecule has 8 heteroatoms. The Hall–Kier alpha value is -3.00. The molecular weight excluding hydrogens is 390 g/mol. The molecular formula is C22H27NO7. The molecule has 3 rings (SSSR count). The number of aromatic carboxylic acids is 1. The van der Waals surface area contributed by atoms with Gasteiger partial charge in [-0.2, -0.15) is 0 Å². The van der Waals surface area contributed by atoms with Crippen LogP contribution in [0.3, 0.4) is 0 Å². The van der Waals surface area contributed by atoms with Crippen molar-refractivity contribution in [1.82, 2.24) is 4.98 Å². The Labute approximate surface area is 174 Å². The fraction of sp³-hybridized carbons (Fsp3) is 0.455. The number of rotatable bonds is 8. The first kappa shape index (κ1) is 21.7. The molecule has 0 saturated carbocycles. The first-order valence-electron chi connectivity index (χ1n) is 9.85. The summed E-state index contributed by atoms with van der Waals surface area (Å²) < 4.78 is 16.4. The van der Waals surface area contributed by atoms with Crippen LogP contribution < -0.4 is 15.0 Å². The van der Waals surface area contributed by atoms with Crippen LogP contribution in [0.2, 0.25) is 0 Å². The maximum atomic E-state index is 12.4. The van der Waals surface area contributed by atoms with Crippen LogP contribution in [0, 0.1) is 5.92 Å². The van der Waals surface area contributed by atoms with Gasteiger partial charge in [0.2, 0.25) is 0 Å². The number of ether oxygens (including phenoxy) is 3. The molecule has 3 N–H and O–H groups in total. The maximum Gasteiger partial charge on any atom is 0.345 e. The van der Waals surface area contributed by atoms with Crippen LogP contribution in [0.15, 0.2) is 16.9 Å². The van der Waals surface area contributed by atoms with Gasteiger partial charge in [0.25, 0.3) is 5.56 Å². The van der Waals surface area contributed by atoms with Crippen molar-refractivity contribution < 1.29 is 29.2 Å². The number of hydrogen-bond donors (Lipinski definition) is 3. The summed E-state index contributed by atoms with van der Waals surface area (Å²) in [5.74, 6) is -0.915. The summed E-state index contributed by atoms with van der Waals surface area (Å²) in [5, 5.41) is 20.1. The standard InChI is InChI=1S/C22H27NO7/c1-11(2)13-8-12-9-16(30-7-5-6-28-3)15(29-4)10-14(12)19-17(13)20(24)18(22(26)27)21(25)23-19/h9-11,13H,5-8H2,1-4H3,(H,26,27)(H2,23,24,25). The summed E-state index contributed by atoms with van der Waals surface area (Å²) in [5.41, 5.74) is 1.02. The largest absolute Gasteiger partial charge is 0.506 e. The lowest BCUT2D eigenvalue weighted by molar-refractivity contribution is 0.0691. The molecule has 1 aliphatic rings. The molecule has 1 aromatic carbocycles. The second kappa shape index (κ2) is 8.79. The highest BCUT2D eigenvalue weighted by molar-refractivity contribution is 5.92. The first-order valence-corrected chi connectivity index (χ1v) is 9.85. The fourth-order valence-electron chi connectivity index (χ4n) is 3.95. The van der Waals surface area contributed by atoms with E-state index in [2.05, 4.69) is 4.98 Å². The lowest BCUT2D eigenvalue weighted by Crippen LogP contribution is -2.25. The molecule has 0 amide bonds. The molecule has 162 valence electrons. The molecule has 2 aromatic rings. The Morgan fingerprint density at radius 3 is 2.57 bits per heavy atom. The summed E-state index contributed by atoms with van der Waals surface area (Å²) in [6, 6.07) is 3.64. The highest BCUT2D eigenvalue weighted by atomic mass is 16.5. The van der Waals surface area contributed by atoms with Crippen molar-refractivity contribution >= 4 is 5.97 Å². The summed E-state index contributed by atoms with van der Waals surface area (Å²) >= 11 is 0. The Balaban J connectivity index is 2.17. The van der Waals surface area contributed by atoms with E-state index < -0.39 is 22.8 Å². The van der Waals surface area contributed by atoms with Crippen LogP contribution in [0.5, 0.6) is 17.2 Å². The minimum Gasteiger partial charge on any atom is -0.506 e. The number of carbonyl (C=O) groups is 1. The number of aromatic hydroxyl groups is 1. The number of methoxy groups -OCH3 is 2. The molecule has 0 fully saturated rings. The van der Waals surface area contributed by atoms with Crippen molar-refractivity contribution in [2.75, 3.05) is 27.4 Å². The number of aromatic nitrogens is 1. The zero-order chi connectivity index (χ0) is 22.0. The highest BCUT2D eigenvalue weighted by Crippen LogP contribution is 2.48. The smallest absolute Gasteiger partial charge is 0.345 e. The third-order valence-corrected chi connectivity index (χ3v) is 5.47. The van der Waals surface area contributed by atoms with E-state index in [0.29, 0.717) is 48.0 Å². The second-order valence-corrected chi connectivity index (χ2v) is 7.68. The van der Waals surface area contributed by atoms with Gasteiger partial charge in [0.1, 0.15) is 5.75 Å². The molecule has 30 heavy (non-hydrogen) atoms. The van der Waals surface area contributed by atoms with Crippen molar-refractivity contribution in [3.05, 3.63) is 39.2 Å². The van der Waals surface area contributed by atoms with Crippen LogP contribution in [-0.4, -0.2) is 48.6 Å². The molecule has 0 saturated heterocycles. The fourth-order valence-corrected chi connectivity index (χ4v) is 3.95. The summed E-state index contributed by atoms with van der Waals surface area (Å²) in [6.45, 7) is 5.04. The van der Waals surface area contributed by atoms with E-state index in [9.17, 15) is 19.8 Å². The van der Waals surface area contributed by atoms with Gasteiger partial charge < -0.3 is 29.4 Å². The predicted octanol–water partition coefficient (Wildman–Crippen LogP) is 3.17. The Morgan fingerprint density at radius 1 is 1.23 bits per heavy atom. The molecule has 1 aliphatic carbocycles. The van der Waals surface area contributed by atoms with Crippen LogP contribution in [0.1, 0.15) is 47.7 Å². The number of fused-ring (bicyclic) bond motifs is 3. The number of carboxylic acids is 1. The lowest BCUT2D eigenvalue weighted by atomic mass is 9.75. The van der Waals surface area contributed by atoms with E-state index in [1.807, 2.05) is 19.9 Å². The summed E-state index contributed by atoms with van der Waals surface area (Å²) in [6.07, 6.45) is 1.30. The van der Waals surface area contributed by atoms with E-state index in [4.69, 9.17) is 14.2 Å². The van der Waals surface area contributed by atoms with Gasteiger partial charge >= 0.3 is 5.97 Å². The number of hydrogen-bond acceptors (Lipinski definition) is 6. The van der Waals surface area contributed by atoms with Gasteiger partial charge in [0.15, 0.2) is 17.1 Å². The van der Waals surface area contributed by atoms with Gasteiger partial charge in [0.05, 0.1) is 19.4 Å². The zero-order valence-electron chi connectivity index (χ0n) is 17.6. The third kappa shape index (κ3) is 3.87. The number of carboxylic acid groups (broad SMARTS) is 1. The van der Waals surface area contributed by atoms with E-state index in [-0.39, 0.29) is 11.8 Å². The van der Waals surface area contributed by atoms with Crippen molar-refractivity contribution in [2.24, 2.45) is 5.92 Å². The van der Waals surface area contributed by atoms with Crippen LogP contribution >= 0.6 is 0 Å². The number of benzene rings is 1. The molecule has 1 aromatic heterocycles. The van der Waals surface area contributed by atoms with E-state index in [1.165, 1.54) is 7.11 Å². The monoisotopic (exact) mass is 417 g/mol. The lowest BCUT2D eigenvalue weighted by Gasteiger charge is -2.31. The molecule has 0 bridgehead atoms. The topological polar surface area (TPSA) is 118 Å². The quantitative estimate of drug-likeness (QED) is 0.565. The van der Waals surface area contributed by atoms with Gasteiger partial charge in [0, 0.05) is 31.3 Å². The average Bonchev–Trinajstić information content (AvgIpc) is 2.69. The Bertz CT molecular complexity index is 1010. The number of pyridine rings is 1. The molecule has 8 nitrogen and oxygen atoms in total. The van der Waals surface area contributed by atoms with Gasteiger partial charge in [-0.3, -0.25) is 4.79 Å². The summed E-state index contributed by atoms with van der Waals surface area (Å²) in [4.78, 5) is 26.6. The minimum absolute atomic E-state index is 0.100. The normalized spacial score (nSPS) is 14.9. The van der Waals surface area contributed by atoms with E-state index in [1.54, 1.807) is 13.2 Å². The molecule has 1 heterocycles. The van der Waals surface area contributed by atoms with Gasteiger partial charge in [-0.05, 0) is 36.0 Å². The van der Waals surface area contributed by atoms with Gasteiger partial charge in [-0.15, -0.1) is 0 Å². The molecule has 1 atom stereocenters. The van der Waals surface area contributed by atoms with Crippen LogP contribution in [-0.2, 0) is 11.2 Å². The predicted molar refractivity (Wildman–Crippen MR) is 111 cm³/mol. The van der Waals surface area contributed by atoms with E-state index >= 15 is 0 Å². The third-order valence-electron chi connectivity index (χ3n) is 5.47. The molecule has 0 radical (unpaired) electrons. The van der Waals surface area contributed by atoms with Crippen molar-refractivity contribution in [3.8, 4) is 28.5 Å². The highest BCUT2D eigenvalue weighted by Gasteiger charge is 2.34. The molecule has 0 spiro atoms. The Morgan fingerprint density at radius 2 is 1.97 bits per heavy atom. The van der Waals surface area contributed by atoms with Crippen LogP contribution in [0.25, 0.3) is 11.3 Å². The van der Waals surface area contributed by atoms with Crippen molar-refractivity contribution in [3.63, 3.8) is 0 Å². The zero-order valence-corrected chi connectivity index (χ0v) is 17.6. The molecule has 1 unspecified atom stereocenters. The Kier molecular flexibility index (Phi) is 6.36. The SMILES string of the molecule is COCCCOc1cc2c(cc1OC)-c1[nH]c(=O)c(C(=O)O)c(O)c1C(C(C)C)C2. The molecule has 0 aliphatic heterocycles. The minimum atomic E-state index is -1.46. The average molecular weight is 417 g/mol.